The van der Waals surface area contributed by atoms with Crippen LogP contribution in [0.4, 0.5) is 13.2 Å². The number of alkyl halides is 3. The third-order valence-corrected chi connectivity index (χ3v) is 2.63. The number of nitrogens with zero attached hydrogens (tertiary/aromatic N) is 1. The number of esters is 1. The summed E-state index contributed by atoms with van der Waals surface area (Å²) in [7, 11) is 0. The lowest BCUT2D eigenvalue weighted by molar-refractivity contribution is -0.142. The maximum atomic E-state index is 12.7. The Morgan fingerprint density at radius 1 is 1.42 bits per heavy atom. The van der Waals surface area contributed by atoms with Crippen LogP contribution in [-0.2, 0) is 22.1 Å². The Morgan fingerprint density at radius 2 is 2.05 bits per heavy atom. The summed E-state index contributed by atoms with van der Waals surface area (Å²) in [5.74, 6) is -0.533. The van der Waals surface area contributed by atoms with Crippen molar-refractivity contribution < 1.29 is 22.7 Å². The van der Waals surface area contributed by atoms with Gasteiger partial charge in [0.05, 0.1) is 24.2 Å². The highest BCUT2D eigenvalue weighted by Gasteiger charge is 2.34. The van der Waals surface area contributed by atoms with Crippen molar-refractivity contribution in [3.63, 3.8) is 0 Å². The van der Waals surface area contributed by atoms with E-state index in [9.17, 15) is 18.0 Å². The molecule has 0 saturated carbocycles. The average molecular weight is 271 g/mol. The molecule has 1 rings (SSSR count). The van der Waals surface area contributed by atoms with E-state index in [1.807, 2.05) is 0 Å². The largest absolute Gasteiger partial charge is 0.466 e. The number of halogens is 3. The second kappa shape index (κ2) is 5.74. The molecular weight excluding hydrogens is 259 g/mol. The fourth-order valence-electron chi connectivity index (χ4n) is 1.69. The minimum Gasteiger partial charge on any atom is -0.466 e. The van der Waals surface area contributed by atoms with Gasteiger partial charge in [0.25, 0.3) is 0 Å². The van der Waals surface area contributed by atoms with Crippen LogP contribution in [0, 0.1) is 18.3 Å². The van der Waals surface area contributed by atoms with E-state index in [4.69, 9.17) is 10.00 Å². The zero-order valence-electron chi connectivity index (χ0n) is 10.5. The van der Waals surface area contributed by atoms with E-state index in [2.05, 4.69) is 0 Å². The molecular formula is C13H12F3NO2. The van der Waals surface area contributed by atoms with Crippen LogP contribution in [0.5, 0.6) is 0 Å². The van der Waals surface area contributed by atoms with Crippen LogP contribution in [0.1, 0.15) is 29.2 Å². The van der Waals surface area contributed by atoms with E-state index >= 15 is 0 Å². The molecule has 1 aromatic carbocycles. The summed E-state index contributed by atoms with van der Waals surface area (Å²) in [5, 5.41) is 8.86. The first-order chi connectivity index (χ1) is 8.81. The zero-order valence-corrected chi connectivity index (χ0v) is 10.5. The second-order valence-corrected chi connectivity index (χ2v) is 3.86. The van der Waals surface area contributed by atoms with Gasteiger partial charge in [0.1, 0.15) is 6.07 Å². The molecule has 0 aliphatic heterocycles. The van der Waals surface area contributed by atoms with Gasteiger partial charge in [-0.05, 0) is 31.0 Å². The predicted molar refractivity (Wildman–Crippen MR) is 61.2 cm³/mol. The van der Waals surface area contributed by atoms with E-state index < -0.39 is 23.3 Å². The molecule has 102 valence electrons. The summed E-state index contributed by atoms with van der Waals surface area (Å²) in [6.45, 7) is 3.23. The molecule has 0 N–H and O–H groups in total. The highest BCUT2D eigenvalue weighted by atomic mass is 19.4. The fourth-order valence-corrected chi connectivity index (χ4v) is 1.69. The quantitative estimate of drug-likeness (QED) is 0.794. The number of ether oxygens (including phenoxy) is 1. The van der Waals surface area contributed by atoms with Crippen molar-refractivity contribution in [3.05, 3.63) is 34.4 Å². The van der Waals surface area contributed by atoms with Crippen molar-refractivity contribution in [3.8, 4) is 6.07 Å². The van der Waals surface area contributed by atoms with Crippen LogP contribution in [0.2, 0.25) is 0 Å². The molecule has 0 aliphatic carbocycles. The highest BCUT2D eigenvalue weighted by molar-refractivity contribution is 5.73. The Labute approximate surface area is 108 Å². The van der Waals surface area contributed by atoms with Crippen molar-refractivity contribution in [1.29, 1.82) is 5.26 Å². The van der Waals surface area contributed by atoms with Crippen molar-refractivity contribution in [1.82, 2.24) is 0 Å². The van der Waals surface area contributed by atoms with Crippen LogP contribution < -0.4 is 0 Å². The second-order valence-electron chi connectivity index (χ2n) is 3.86. The van der Waals surface area contributed by atoms with E-state index in [0.717, 1.165) is 6.07 Å². The molecule has 6 heteroatoms. The molecule has 0 heterocycles. The van der Waals surface area contributed by atoms with Crippen LogP contribution in [0.25, 0.3) is 0 Å². The van der Waals surface area contributed by atoms with Crippen molar-refractivity contribution in [2.75, 3.05) is 6.61 Å². The van der Waals surface area contributed by atoms with E-state index in [1.54, 1.807) is 13.0 Å². The van der Waals surface area contributed by atoms with Gasteiger partial charge in [-0.3, -0.25) is 4.79 Å². The van der Waals surface area contributed by atoms with Gasteiger partial charge in [0.2, 0.25) is 0 Å². The number of hydrogen-bond acceptors (Lipinski definition) is 3. The number of nitriles is 1. The van der Waals surface area contributed by atoms with Crippen molar-refractivity contribution in [2.45, 2.75) is 26.4 Å². The molecule has 0 aliphatic rings. The maximum Gasteiger partial charge on any atom is 0.417 e. The fraction of sp³-hybridized carbons (Fsp3) is 0.385. The SMILES string of the molecule is CCOC(=O)Cc1ccc(C(F)(F)F)c(C#N)c1C. The van der Waals surface area contributed by atoms with E-state index in [0.29, 0.717) is 5.56 Å². The molecule has 0 saturated heterocycles. The summed E-state index contributed by atoms with van der Waals surface area (Å²) in [5.41, 5.74) is -0.914. The lowest BCUT2D eigenvalue weighted by atomic mass is 9.95. The van der Waals surface area contributed by atoms with Gasteiger partial charge in [-0.25, -0.2) is 0 Å². The molecule has 0 aromatic heterocycles. The number of carbonyl (C=O) groups is 1. The van der Waals surface area contributed by atoms with Gasteiger partial charge in [0, 0.05) is 0 Å². The van der Waals surface area contributed by atoms with Gasteiger partial charge < -0.3 is 4.74 Å². The molecule has 0 unspecified atom stereocenters. The third-order valence-electron chi connectivity index (χ3n) is 2.63. The summed E-state index contributed by atoms with van der Waals surface area (Å²) >= 11 is 0. The molecule has 0 fully saturated rings. The van der Waals surface area contributed by atoms with Gasteiger partial charge in [-0.1, -0.05) is 6.07 Å². The Kier molecular flexibility index (Phi) is 4.54. The Morgan fingerprint density at radius 3 is 2.53 bits per heavy atom. The summed E-state index contributed by atoms with van der Waals surface area (Å²) in [6.07, 6.45) is -4.73. The monoisotopic (exact) mass is 271 g/mol. The van der Waals surface area contributed by atoms with Gasteiger partial charge in [-0.15, -0.1) is 0 Å². The Balaban J connectivity index is 3.20. The number of carbonyl (C=O) groups excluding carboxylic acids is 1. The molecule has 0 radical (unpaired) electrons. The van der Waals surface area contributed by atoms with E-state index in [1.165, 1.54) is 13.0 Å². The maximum absolute atomic E-state index is 12.7. The summed E-state index contributed by atoms with van der Waals surface area (Å²) in [6, 6.07) is 3.57. The number of hydrogen-bond donors (Lipinski definition) is 0. The van der Waals surface area contributed by atoms with Crippen LogP contribution in [0.15, 0.2) is 12.1 Å². The topological polar surface area (TPSA) is 50.1 Å². The molecule has 3 nitrogen and oxygen atoms in total. The van der Waals surface area contributed by atoms with Gasteiger partial charge in [0.15, 0.2) is 0 Å². The Hall–Kier alpha value is -2.03. The van der Waals surface area contributed by atoms with Crippen LogP contribution >= 0.6 is 0 Å². The number of rotatable bonds is 3. The molecule has 0 amide bonds. The minimum absolute atomic E-state index is 0.146. The number of benzene rings is 1. The molecule has 19 heavy (non-hydrogen) atoms. The van der Waals surface area contributed by atoms with Crippen LogP contribution in [-0.4, -0.2) is 12.6 Å². The first-order valence-electron chi connectivity index (χ1n) is 5.56. The molecule has 0 spiro atoms. The Bertz CT molecular complexity index is 530. The predicted octanol–water partition coefficient (Wildman–Crippen LogP) is 2.99. The first-order valence-corrected chi connectivity index (χ1v) is 5.56. The molecule has 0 bridgehead atoms. The first kappa shape index (κ1) is 15.0. The smallest absolute Gasteiger partial charge is 0.417 e. The minimum atomic E-state index is -4.59. The van der Waals surface area contributed by atoms with Crippen molar-refractivity contribution >= 4 is 5.97 Å². The summed E-state index contributed by atoms with van der Waals surface area (Å²) < 4.78 is 42.8. The van der Waals surface area contributed by atoms with E-state index in [-0.39, 0.29) is 18.6 Å². The lowest BCUT2D eigenvalue weighted by Crippen LogP contribution is -2.13. The third kappa shape index (κ3) is 3.47. The van der Waals surface area contributed by atoms with Gasteiger partial charge >= 0.3 is 12.1 Å². The standard InChI is InChI=1S/C13H12F3NO2/c1-3-19-12(18)6-9-4-5-11(13(14,15)16)10(7-17)8(9)2/h4-5H,3,6H2,1-2H3. The summed E-state index contributed by atoms with van der Waals surface area (Å²) in [4.78, 5) is 11.3. The average Bonchev–Trinajstić information content (AvgIpc) is 2.30. The van der Waals surface area contributed by atoms with Gasteiger partial charge in [-0.2, -0.15) is 18.4 Å². The molecule has 1 aromatic rings. The normalized spacial score (nSPS) is 10.9. The lowest BCUT2D eigenvalue weighted by Gasteiger charge is -2.13. The molecule has 0 atom stereocenters. The van der Waals surface area contributed by atoms with Crippen LogP contribution in [0.3, 0.4) is 0 Å². The highest BCUT2D eigenvalue weighted by Crippen LogP contribution is 2.34. The van der Waals surface area contributed by atoms with Crippen molar-refractivity contribution in [2.24, 2.45) is 0 Å². The zero-order chi connectivity index (χ0) is 14.6.